The van der Waals surface area contributed by atoms with Crippen LogP contribution in [0.25, 0.3) is 32.6 Å². The van der Waals surface area contributed by atoms with E-state index in [1.165, 1.54) is 11.5 Å². The van der Waals surface area contributed by atoms with Crippen LogP contribution in [-0.4, -0.2) is 28.5 Å². The van der Waals surface area contributed by atoms with Crippen molar-refractivity contribution in [2.75, 3.05) is 18.5 Å². The van der Waals surface area contributed by atoms with Crippen LogP contribution in [-0.2, 0) is 9.53 Å². The number of anilines is 1. The largest absolute Gasteiger partial charge is 0.466 e. The van der Waals surface area contributed by atoms with E-state index in [1.54, 1.807) is 0 Å². The molecule has 0 bridgehead atoms. The van der Waals surface area contributed by atoms with E-state index in [9.17, 15) is 4.79 Å². The van der Waals surface area contributed by atoms with Crippen molar-refractivity contribution in [3.63, 3.8) is 0 Å². The van der Waals surface area contributed by atoms with Crippen LogP contribution in [0.15, 0.2) is 40.8 Å². The number of esters is 1. The third-order valence-corrected chi connectivity index (χ3v) is 4.95. The van der Waals surface area contributed by atoms with Gasteiger partial charge in [0.15, 0.2) is 11.4 Å². The van der Waals surface area contributed by atoms with Crippen molar-refractivity contribution in [2.45, 2.75) is 19.8 Å². The molecule has 3 aromatic heterocycles. The van der Waals surface area contributed by atoms with Gasteiger partial charge in [0.1, 0.15) is 16.0 Å². The second-order valence-electron chi connectivity index (χ2n) is 5.92. The highest BCUT2D eigenvalue weighted by Crippen LogP contribution is 2.37. The average molecular weight is 369 g/mol. The van der Waals surface area contributed by atoms with Gasteiger partial charge in [-0.1, -0.05) is 30.3 Å². The van der Waals surface area contributed by atoms with Crippen LogP contribution < -0.4 is 5.32 Å². The van der Waals surface area contributed by atoms with E-state index in [-0.39, 0.29) is 5.97 Å². The highest BCUT2D eigenvalue weighted by molar-refractivity contribution is 7.14. The van der Waals surface area contributed by atoms with E-state index in [2.05, 4.69) is 14.7 Å². The van der Waals surface area contributed by atoms with Gasteiger partial charge in [0.2, 0.25) is 0 Å². The van der Waals surface area contributed by atoms with Crippen LogP contribution in [0.1, 0.15) is 19.8 Å². The van der Waals surface area contributed by atoms with Gasteiger partial charge in [-0.3, -0.25) is 4.79 Å². The van der Waals surface area contributed by atoms with Crippen LogP contribution in [0, 0.1) is 0 Å². The molecule has 3 heterocycles. The Bertz CT molecular complexity index is 1030. The normalized spacial score (nSPS) is 11.3. The summed E-state index contributed by atoms with van der Waals surface area (Å²) in [6.45, 7) is 2.89. The standard InChI is InChI=1S/C19H19N3O3S/c1-2-24-15(23)9-6-10-20-19-16-18(26-22-19)17-13(21-16)11-14(25-17)12-7-4-3-5-8-12/h3-5,7-8,11,21H,2,6,9-10H2,1H3,(H,20,22). The minimum atomic E-state index is -0.163. The predicted molar refractivity (Wildman–Crippen MR) is 104 cm³/mol. The molecule has 1 aromatic carbocycles. The fourth-order valence-corrected chi connectivity index (χ4v) is 3.70. The number of furan rings is 1. The van der Waals surface area contributed by atoms with Crippen LogP contribution >= 0.6 is 11.5 Å². The number of hydrogen-bond donors (Lipinski definition) is 2. The molecule has 0 radical (unpaired) electrons. The van der Waals surface area contributed by atoms with Crippen LogP contribution in [0.2, 0.25) is 0 Å². The quantitative estimate of drug-likeness (QED) is 0.361. The molecule has 0 aliphatic rings. The second kappa shape index (κ2) is 7.21. The average Bonchev–Trinajstić information content (AvgIpc) is 3.31. The first-order chi connectivity index (χ1) is 12.8. The summed E-state index contributed by atoms with van der Waals surface area (Å²) >= 11 is 1.40. The molecule has 0 fully saturated rings. The lowest BCUT2D eigenvalue weighted by Crippen LogP contribution is -2.08. The molecule has 4 aromatic rings. The van der Waals surface area contributed by atoms with Crippen molar-refractivity contribution in [1.29, 1.82) is 0 Å². The summed E-state index contributed by atoms with van der Waals surface area (Å²) in [6, 6.07) is 12.0. The van der Waals surface area contributed by atoms with Gasteiger partial charge >= 0.3 is 5.97 Å². The summed E-state index contributed by atoms with van der Waals surface area (Å²) < 4.78 is 16.4. The molecule has 0 saturated carbocycles. The number of H-pyrrole nitrogens is 1. The molecular formula is C19H19N3O3S. The van der Waals surface area contributed by atoms with E-state index in [4.69, 9.17) is 9.15 Å². The number of hydrogen-bond acceptors (Lipinski definition) is 6. The minimum Gasteiger partial charge on any atom is -0.466 e. The smallest absolute Gasteiger partial charge is 0.305 e. The van der Waals surface area contributed by atoms with Crippen molar-refractivity contribution >= 4 is 44.6 Å². The van der Waals surface area contributed by atoms with E-state index in [0.29, 0.717) is 26.0 Å². The van der Waals surface area contributed by atoms with Gasteiger partial charge in [0.05, 0.1) is 12.1 Å². The van der Waals surface area contributed by atoms with Gasteiger partial charge in [-0.25, -0.2) is 0 Å². The zero-order valence-electron chi connectivity index (χ0n) is 14.4. The molecule has 0 aliphatic heterocycles. The Kier molecular flexibility index (Phi) is 4.62. The van der Waals surface area contributed by atoms with Crippen LogP contribution in [0.5, 0.6) is 0 Å². The third-order valence-electron chi connectivity index (χ3n) is 4.10. The number of aromatic amines is 1. The van der Waals surface area contributed by atoms with Crippen molar-refractivity contribution in [3.05, 3.63) is 36.4 Å². The molecule has 7 heteroatoms. The second-order valence-corrected chi connectivity index (χ2v) is 6.69. The van der Waals surface area contributed by atoms with Crippen LogP contribution in [0.4, 0.5) is 5.82 Å². The van der Waals surface area contributed by atoms with Gasteiger partial charge in [-0.2, -0.15) is 4.37 Å². The number of nitrogens with zero attached hydrogens (tertiary/aromatic N) is 1. The molecule has 26 heavy (non-hydrogen) atoms. The van der Waals surface area contributed by atoms with Crippen LogP contribution in [0.3, 0.4) is 0 Å². The van der Waals surface area contributed by atoms with Gasteiger partial charge in [0.25, 0.3) is 0 Å². The number of rotatable bonds is 7. The van der Waals surface area contributed by atoms with Crippen molar-refractivity contribution in [1.82, 2.24) is 9.36 Å². The number of benzene rings is 1. The first-order valence-corrected chi connectivity index (χ1v) is 9.39. The minimum absolute atomic E-state index is 0.163. The lowest BCUT2D eigenvalue weighted by molar-refractivity contribution is -0.143. The monoisotopic (exact) mass is 369 g/mol. The molecule has 0 saturated heterocycles. The number of aromatic nitrogens is 2. The summed E-state index contributed by atoms with van der Waals surface area (Å²) in [6.07, 6.45) is 1.11. The molecule has 0 aliphatic carbocycles. The molecule has 0 amide bonds. The first-order valence-electron chi connectivity index (χ1n) is 8.62. The number of nitrogens with one attached hydrogen (secondary N) is 2. The Morgan fingerprint density at radius 3 is 3.00 bits per heavy atom. The molecule has 2 N–H and O–H groups in total. The highest BCUT2D eigenvalue weighted by Gasteiger charge is 2.17. The topological polar surface area (TPSA) is 80.1 Å². The maximum absolute atomic E-state index is 11.4. The molecule has 0 unspecified atom stereocenters. The molecule has 0 spiro atoms. The fourth-order valence-electron chi connectivity index (χ4n) is 2.89. The van der Waals surface area contributed by atoms with Crippen molar-refractivity contribution in [3.8, 4) is 11.3 Å². The van der Waals surface area contributed by atoms with Crippen molar-refractivity contribution < 1.29 is 13.9 Å². The van der Waals surface area contributed by atoms with E-state index >= 15 is 0 Å². The zero-order chi connectivity index (χ0) is 17.9. The summed E-state index contributed by atoms with van der Waals surface area (Å²) in [4.78, 5) is 14.8. The Balaban J connectivity index is 1.49. The Hall–Kier alpha value is -2.80. The Morgan fingerprint density at radius 2 is 2.19 bits per heavy atom. The molecule has 6 nitrogen and oxygen atoms in total. The number of fused-ring (bicyclic) bond motifs is 3. The van der Waals surface area contributed by atoms with Gasteiger partial charge in [0, 0.05) is 24.6 Å². The predicted octanol–water partition coefficient (Wildman–Crippen LogP) is 4.79. The fraction of sp³-hybridized carbons (Fsp3) is 0.263. The Morgan fingerprint density at radius 1 is 1.35 bits per heavy atom. The highest BCUT2D eigenvalue weighted by atomic mass is 32.1. The lowest BCUT2D eigenvalue weighted by atomic mass is 10.2. The van der Waals surface area contributed by atoms with Gasteiger partial charge < -0.3 is 19.5 Å². The van der Waals surface area contributed by atoms with Crippen molar-refractivity contribution in [2.24, 2.45) is 0 Å². The molecule has 4 rings (SSSR count). The first kappa shape index (κ1) is 16.7. The van der Waals surface area contributed by atoms with E-state index < -0.39 is 0 Å². The van der Waals surface area contributed by atoms with Gasteiger partial charge in [-0.05, 0) is 24.9 Å². The maximum atomic E-state index is 11.4. The third kappa shape index (κ3) is 3.17. The lowest BCUT2D eigenvalue weighted by Gasteiger charge is -2.03. The summed E-state index contributed by atoms with van der Waals surface area (Å²) in [5, 5.41) is 3.28. The molecule has 0 atom stereocenters. The summed E-state index contributed by atoms with van der Waals surface area (Å²) in [5.41, 5.74) is 3.78. The Labute approximate surface area is 154 Å². The van der Waals surface area contributed by atoms with E-state index in [0.717, 1.165) is 38.5 Å². The summed E-state index contributed by atoms with van der Waals surface area (Å²) in [5.74, 6) is 1.47. The van der Waals surface area contributed by atoms with E-state index in [1.807, 2.05) is 43.3 Å². The number of carbonyl (C=O) groups excluding carboxylic acids is 1. The number of carbonyl (C=O) groups is 1. The maximum Gasteiger partial charge on any atom is 0.305 e. The molecule has 134 valence electrons. The molecular weight excluding hydrogens is 350 g/mol. The summed E-state index contributed by atoms with van der Waals surface area (Å²) in [7, 11) is 0. The van der Waals surface area contributed by atoms with Gasteiger partial charge in [-0.15, -0.1) is 0 Å². The zero-order valence-corrected chi connectivity index (χ0v) is 15.2. The number of ether oxygens (including phenoxy) is 1. The SMILES string of the molecule is CCOC(=O)CCCNc1nsc2c1[nH]c1cc(-c3ccccc3)oc12.